The molecule has 0 spiro atoms. The molecule has 2 aliphatic rings. The molecule has 2 saturated heterocycles. The van der Waals surface area contributed by atoms with Gasteiger partial charge in [0.05, 0.1) is 0 Å². The molecule has 0 saturated carbocycles. The SMILES string of the molecule is CNCCc1ccccc1C(=O)N1CCN2CCCCC2C1. The molecule has 4 nitrogen and oxygen atoms in total. The van der Waals surface area contributed by atoms with Gasteiger partial charge in [-0.1, -0.05) is 24.6 Å². The van der Waals surface area contributed by atoms with Gasteiger partial charge >= 0.3 is 0 Å². The predicted molar refractivity (Wildman–Crippen MR) is 89.2 cm³/mol. The number of nitrogens with zero attached hydrogens (tertiary/aromatic N) is 2. The van der Waals surface area contributed by atoms with Crippen molar-refractivity contribution in [2.45, 2.75) is 31.7 Å². The molecule has 2 fully saturated rings. The second-order valence-corrected chi connectivity index (χ2v) is 6.45. The number of benzene rings is 1. The van der Waals surface area contributed by atoms with E-state index in [-0.39, 0.29) is 5.91 Å². The molecule has 1 N–H and O–H groups in total. The van der Waals surface area contributed by atoms with Crippen molar-refractivity contribution >= 4 is 5.91 Å². The third-order valence-electron chi connectivity index (χ3n) is 5.02. The molecule has 1 aromatic rings. The van der Waals surface area contributed by atoms with Gasteiger partial charge in [-0.2, -0.15) is 0 Å². The summed E-state index contributed by atoms with van der Waals surface area (Å²) in [5.41, 5.74) is 2.05. The molecule has 22 heavy (non-hydrogen) atoms. The van der Waals surface area contributed by atoms with Gasteiger partial charge in [-0.05, 0) is 51.0 Å². The molecule has 0 radical (unpaired) electrons. The van der Waals surface area contributed by atoms with Crippen LogP contribution in [-0.4, -0.2) is 61.5 Å². The highest BCUT2D eigenvalue weighted by atomic mass is 16.2. The van der Waals surface area contributed by atoms with Crippen LogP contribution in [0.4, 0.5) is 0 Å². The van der Waals surface area contributed by atoms with Gasteiger partial charge in [0.2, 0.25) is 0 Å². The lowest BCUT2D eigenvalue weighted by Gasteiger charge is -2.44. The van der Waals surface area contributed by atoms with Crippen molar-refractivity contribution in [3.05, 3.63) is 35.4 Å². The number of piperazine rings is 1. The first kappa shape index (κ1) is 15.5. The first-order chi connectivity index (χ1) is 10.8. The van der Waals surface area contributed by atoms with Crippen LogP contribution >= 0.6 is 0 Å². The van der Waals surface area contributed by atoms with Crippen LogP contribution in [0, 0.1) is 0 Å². The van der Waals surface area contributed by atoms with Crippen LogP contribution in [0.5, 0.6) is 0 Å². The summed E-state index contributed by atoms with van der Waals surface area (Å²) in [6.45, 7) is 4.93. The van der Waals surface area contributed by atoms with Gasteiger partial charge in [0, 0.05) is 31.2 Å². The Labute approximate surface area is 133 Å². The van der Waals surface area contributed by atoms with E-state index in [4.69, 9.17) is 0 Å². The Hall–Kier alpha value is -1.39. The van der Waals surface area contributed by atoms with Gasteiger partial charge < -0.3 is 10.2 Å². The summed E-state index contributed by atoms with van der Waals surface area (Å²) in [4.78, 5) is 17.6. The number of nitrogens with one attached hydrogen (secondary N) is 1. The van der Waals surface area contributed by atoms with Gasteiger partial charge in [0.1, 0.15) is 0 Å². The van der Waals surface area contributed by atoms with Crippen LogP contribution in [-0.2, 0) is 6.42 Å². The summed E-state index contributed by atoms with van der Waals surface area (Å²) in [5.74, 6) is 0.219. The quantitative estimate of drug-likeness (QED) is 0.920. The Morgan fingerprint density at radius 3 is 2.95 bits per heavy atom. The van der Waals surface area contributed by atoms with Crippen molar-refractivity contribution in [3.63, 3.8) is 0 Å². The highest BCUT2D eigenvalue weighted by Gasteiger charge is 2.31. The van der Waals surface area contributed by atoms with E-state index >= 15 is 0 Å². The van der Waals surface area contributed by atoms with E-state index in [1.807, 2.05) is 25.2 Å². The van der Waals surface area contributed by atoms with E-state index < -0.39 is 0 Å². The maximum atomic E-state index is 12.9. The summed E-state index contributed by atoms with van der Waals surface area (Å²) >= 11 is 0. The van der Waals surface area contributed by atoms with Crippen molar-refractivity contribution in [2.24, 2.45) is 0 Å². The molecule has 0 aromatic heterocycles. The van der Waals surface area contributed by atoms with E-state index in [9.17, 15) is 4.79 Å². The van der Waals surface area contributed by atoms with E-state index in [1.54, 1.807) is 0 Å². The minimum Gasteiger partial charge on any atom is -0.336 e. The molecule has 2 heterocycles. The number of piperidine rings is 1. The molecule has 1 amide bonds. The zero-order chi connectivity index (χ0) is 15.4. The number of likely N-dealkylation sites (N-methyl/N-ethyl adjacent to an activating group) is 1. The Balaban J connectivity index is 1.71. The molecule has 0 bridgehead atoms. The zero-order valence-corrected chi connectivity index (χ0v) is 13.6. The maximum Gasteiger partial charge on any atom is 0.254 e. The maximum absolute atomic E-state index is 12.9. The lowest BCUT2D eigenvalue weighted by Crippen LogP contribution is -2.56. The van der Waals surface area contributed by atoms with Crippen molar-refractivity contribution < 1.29 is 4.79 Å². The van der Waals surface area contributed by atoms with E-state index in [0.717, 1.165) is 43.7 Å². The first-order valence-corrected chi connectivity index (χ1v) is 8.55. The molecule has 3 rings (SSSR count). The number of hydrogen-bond acceptors (Lipinski definition) is 3. The Kier molecular flexibility index (Phi) is 5.11. The number of amides is 1. The Bertz CT molecular complexity index is 517. The van der Waals surface area contributed by atoms with E-state index in [1.165, 1.54) is 25.8 Å². The summed E-state index contributed by atoms with van der Waals surface area (Å²) in [7, 11) is 1.95. The first-order valence-electron chi connectivity index (χ1n) is 8.55. The highest BCUT2D eigenvalue weighted by molar-refractivity contribution is 5.95. The van der Waals surface area contributed by atoms with E-state index in [0.29, 0.717) is 6.04 Å². The van der Waals surface area contributed by atoms with Crippen LogP contribution in [0.1, 0.15) is 35.2 Å². The minimum atomic E-state index is 0.219. The summed E-state index contributed by atoms with van der Waals surface area (Å²) in [6, 6.07) is 8.66. The number of carbonyl (C=O) groups excluding carboxylic acids is 1. The molecule has 1 aromatic carbocycles. The number of fused-ring (bicyclic) bond motifs is 1. The van der Waals surface area contributed by atoms with Gasteiger partial charge in [-0.3, -0.25) is 9.69 Å². The lowest BCUT2D eigenvalue weighted by molar-refractivity contribution is 0.0371. The molecule has 2 aliphatic heterocycles. The fraction of sp³-hybridized carbons (Fsp3) is 0.611. The Morgan fingerprint density at radius 1 is 1.23 bits per heavy atom. The normalized spacial score (nSPS) is 22.4. The van der Waals surface area contributed by atoms with Crippen molar-refractivity contribution in [2.75, 3.05) is 39.8 Å². The van der Waals surface area contributed by atoms with E-state index in [2.05, 4.69) is 21.2 Å². The van der Waals surface area contributed by atoms with Crippen molar-refractivity contribution in [1.82, 2.24) is 15.1 Å². The van der Waals surface area contributed by atoms with Crippen LogP contribution in [0.3, 0.4) is 0 Å². The average molecular weight is 301 g/mol. The van der Waals surface area contributed by atoms with Gasteiger partial charge in [-0.25, -0.2) is 0 Å². The second kappa shape index (κ2) is 7.25. The third kappa shape index (κ3) is 3.33. The zero-order valence-electron chi connectivity index (χ0n) is 13.6. The van der Waals surface area contributed by atoms with Gasteiger partial charge in [0.15, 0.2) is 0 Å². The molecule has 1 atom stereocenters. The number of hydrogen-bond donors (Lipinski definition) is 1. The standard InChI is InChI=1S/C18H27N3O/c1-19-10-9-15-6-2-3-8-17(15)18(22)21-13-12-20-11-5-4-7-16(20)14-21/h2-3,6,8,16,19H,4-5,7,9-14H2,1H3. The molecular weight excluding hydrogens is 274 g/mol. The molecule has 4 heteroatoms. The second-order valence-electron chi connectivity index (χ2n) is 6.45. The number of carbonyl (C=O) groups is 1. The van der Waals surface area contributed by atoms with Gasteiger partial charge in [0.25, 0.3) is 5.91 Å². The summed E-state index contributed by atoms with van der Waals surface area (Å²) in [5, 5.41) is 3.17. The lowest BCUT2D eigenvalue weighted by atomic mass is 9.98. The minimum absolute atomic E-state index is 0.219. The Morgan fingerprint density at radius 2 is 2.09 bits per heavy atom. The van der Waals surface area contributed by atoms with Gasteiger partial charge in [-0.15, -0.1) is 0 Å². The van der Waals surface area contributed by atoms with Crippen LogP contribution < -0.4 is 5.32 Å². The van der Waals surface area contributed by atoms with Crippen molar-refractivity contribution in [1.29, 1.82) is 0 Å². The summed E-state index contributed by atoms with van der Waals surface area (Å²) in [6.07, 6.45) is 4.77. The summed E-state index contributed by atoms with van der Waals surface area (Å²) < 4.78 is 0. The van der Waals surface area contributed by atoms with Crippen molar-refractivity contribution in [3.8, 4) is 0 Å². The molecule has 1 unspecified atom stereocenters. The highest BCUT2D eigenvalue weighted by Crippen LogP contribution is 2.23. The molecular formula is C18H27N3O. The molecule has 0 aliphatic carbocycles. The predicted octanol–water partition coefficient (Wildman–Crippen LogP) is 1.76. The third-order valence-corrected chi connectivity index (χ3v) is 5.02. The molecule has 120 valence electrons. The van der Waals surface area contributed by atoms with Crippen LogP contribution in [0.2, 0.25) is 0 Å². The largest absolute Gasteiger partial charge is 0.336 e. The smallest absolute Gasteiger partial charge is 0.254 e. The monoisotopic (exact) mass is 301 g/mol. The fourth-order valence-electron chi connectivity index (χ4n) is 3.72. The number of rotatable bonds is 4. The topological polar surface area (TPSA) is 35.6 Å². The average Bonchev–Trinajstić information content (AvgIpc) is 2.59. The van der Waals surface area contributed by atoms with Crippen LogP contribution in [0.25, 0.3) is 0 Å². The fourth-order valence-corrected chi connectivity index (χ4v) is 3.72. The van der Waals surface area contributed by atoms with Crippen LogP contribution in [0.15, 0.2) is 24.3 Å².